The van der Waals surface area contributed by atoms with E-state index in [0.29, 0.717) is 18.8 Å². The SMILES string of the molecule is Cc1cn(-c2cc(CN3CCC[C@H](NC(=O)OC(C)(C)C)C3)cc([N+](=O)[O-])c2)cn1. The Morgan fingerprint density at radius 3 is 2.77 bits per heavy atom. The molecule has 0 radical (unpaired) electrons. The van der Waals surface area contributed by atoms with Crippen molar-refractivity contribution in [2.24, 2.45) is 0 Å². The van der Waals surface area contributed by atoms with Crippen LogP contribution in [0.4, 0.5) is 10.5 Å². The number of aryl methyl sites for hydroxylation is 1. The zero-order chi connectivity index (χ0) is 21.9. The first kappa shape index (κ1) is 21.8. The first-order valence-electron chi connectivity index (χ1n) is 10.1. The summed E-state index contributed by atoms with van der Waals surface area (Å²) in [5, 5.41) is 14.4. The van der Waals surface area contributed by atoms with Gasteiger partial charge in [0, 0.05) is 37.5 Å². The van der Waals surface area contributed by atoms with E-state index < -0.39 is 11.7 Å². The Morgan fingerprint density at radius 1 is 1.37 bits per heavy atom. The topological polar surface area (TPSA) is 103 Å². The number of amides is 1. The van der Waals surface area contributed by atoms with Gasteiger partial charge in [-0.25, -0.2) is 9.78 Å². The van der Waals surface area contributed by atoms with Crippen LogP contribution >= 0.6 is 0 Å². The molecule has 3 rings (SSSR count). The van der Waals surface area contributed by atoms with E-state index in [1.54, 1.807) is 23.0 Å². The highest BCUT2D eigenvalue weighted by atomic mass is 16.6. The highest BCUT2D eigenvalue weighted by molar-refractivity contribution is 5.68. The maximum absolute atomic E-state index is 12.1. The Hall–Kier alpha value is -2.94. The van der Waals surface area contributed by atoms with Gasteiger partial charge in [0.1, 0.15) is 5.60 Å². The molecule has 162 valence electrons. The maximum Gasteiger partial charge on any atom is 0.407 e. The molecule has 1 amide bonds. The van der Waals surface area contributed by atoms with Crippen molar-refractivity contribution in [3.63, 3.8) is 0 Å². The molecular weight excluding hydrogens is 386 g/mol. The summed E-state index contributed by atoms with van der Waals surface area (Å²) in [6, 6.07) is 5.09. The molecule has 1 aliphatic heterocycles. The Kier molecular flexibility index (Phi) is 6.40. The van der Waals surface area contributed by atoms with E-state index in [0.717, 1.165) is 30.6 Å². The molecule has 0 aliphatic carbocycles. The highest BCUT2D eigenvalue weighted by Gasteiger charge is 2.24. The summed E-state index contributed by atoms with van der Waals surface area (Å²) in [6.07, 6.45) is 4.89. The van der Waals surface area contributed by atoms with Crippen molar-refractivity contribution in [1.82, 2.24) is 19.8 Å². The minimum Gasteiger partial charge on any atom is -0.444 e. The van der Waals surface area contributed by atoms with Crippen molar-refractivity contribution < 1.29 is 14.5 Å². The van der Waals surface area contributed by atoms with Gasteiger partial charge in [-0.3, -0.25) is 15.0 Å². The van der Waals surface area contributed by atoms with Crippen molar-refractivity contribution in [2.45, 2.75) is 58.7 Å². The van der Waals surface area contributed by atoms with Gasteiger partial charge in [-0.1, -0.05) is 0 Å². The number of aromatic nitrogens is 2. The molecule has 1 aromatic heterocycles. The van der Waals surface area contributed by atoms with Gasteiger partial charge in [-0.15, -0.1) is 0 Å². The zero-order valence-corrected chi connectivity index (χ0v) is 17.9. The van der Waals surface area contributed by atoms with E-state index in [2.05, 4.69) is 15.2 Å². The standard InChI is InChI=1S/C21H29N5O4/c1-15-11-25(14-22-15)18-8-16(9-19(10-18)26(28)29)12-24-7-5-6-17(13-24)23-20(27)30-21(2,3)4/h8-11,14,17H,5-7,12-13H2,1-4H3,(H,23,27)/t17-/m0/s1. The van der Waals surface area contributed by atoms with Crippen molar-refractivity contribution in [1.29, 1.82) is 0 Å². The Morgan fingerprint density at radius 2 is 2.13 bits per heavy atom. The lowest BCUT2D eigenvalue weighted by molar-refractivity contribution is -0.384. The van der Waals surface area contributed by atoms with Crippen molar-refractivity contribution in [3.8, 4) is 5.69 Å². The molecule has 0 unspecified atom stereocenters. The highest BCUT2D eigenvalue weighted by Crippen LogP contribution is 2.23. The normalized spacial score (nSPS) is 17.5. The first-order valence-corrected chi connectivity index (χ1v) is 10.1. The zero-order valence-electron chi connectivity index (χ0n) is 17.9. The van der Waals surface area contributed by atoms with Gasteiger partial charge < -0.3 is 14.6 Å². The van der Waals surface area contributed by atoms with E-state index in [4.69, 9.17) is 4.74 Å². The van der Waals surface area contributed by atoms with E-state index in [1.807, 2.05) is 40.0 Å². The summed E-state index contributed by atoms with van der Waals surface area (Å²) in [6.45, 7) is 9.48. The summed E-state index contributed by atoms with van der Waals surface area (Å²) >= 11 is 0. The number of nitro groups is 1. The van der Waals surface area contributed by atoms with Crippen molar-refractivity contribution in [2.75, 3.05) is 13.1 Å². The monoisotopic (exact) mass is 415 g/mol. The Labute approximate surface area is 176 Å². The summed E-state index contributed by atoms with van der Waals surface area (Å²) < 4.78 is 7.14. The summed E-state index contributed by atoms with van der Waals surface area (Å²) in [7, 11) is 0. The molecule has 0 spiro atoms. The average Bonchev–Trinajstić information content (AvgIpc) is 3.06. The van der Waals surface area contributed by atoms with Crippen molar-refractivity contribution >= 4 is 11.8 Å². The quantitative estimate of drug-likeness (QED) is 0.591. The number of ether oxygens (including phenoxy) is 1. The van der Waals surface area contributed by atoms with Gasteiger partial charge in [0.25, 0.3) is 5.69 Å². The molecule has 0 bridgehead atoms. The van der Waals surface area contributed by atoms with Gasteiger partial charge >= 0.3 is 6.09 Å². The molecule has 1 aliphatic rings. The number of hydrogen-bond donors (Lipinski definition) is 1. The lowest BCUT2D eigenvalue weighted by atomic mass is 10.0. The molecule has 9 nitrogen and oxygen atoms in total. The number of likely N-dealkylation sites (tertiary alicyclic amines) is 1. The average molecular weight is 415 g/mol. The molecule has 2 aromatic rings. The Bertz CT molecular complexity index is 918. The number of non-ortho nitro benzene ring substituents is 1. The molecule has 1 atom stereocenters. The predicted octanol–water partition coefficient (Wildman–Crippen LogP) is 3.58. The summed E-state index contributed by atoms with van der Waals surface area (Å²) in [4.78, 5) is 29.5. The number of hydrogen-bond acceptors (Lipinski definition) is 6. The second-order valence-electron chi connectivity index (χ2n) is 8.76. The fourth-order valence-corrected chi connectivity index (χ4v) is 3.61. The van der Waals surface area contributed by atoms with Crippen LogP contribution in [0, 0.1) is 17.0 Å². The van der Waals surface area contributed by atoms with Gasteiger partial charge in [-0.05, 0) is 58.7 Å². The summed E-state index contributed by atoms with van der Waals surface area (Å²) in [5.74, 6) is 0. The van der Waals surface area contributed by atoms with Crippen LogP contribution in [-0.2, 0) is 11.3 Å². The minimum absolute atomic E-state index is 0.0110. The number of piperidine rings is 1. The van der Waals surface area contributed by atoms with E-state index in [1.165, 1.54) is 0 Å². The van der Waals surface area contributed by atoms with Gasteiger partial charge in [-0.2, -0.15) is 0 Å². The third kappa shape index (κ3) is 6.03. The van der Waals surface area contributed by atoms with Crippen LogP contribution < -0.4 is 5.32 Å². The van der Waals surface area contributed by atoms with Gasteiger partial charge in [0.15, 0.2) is 0 Å². The van der Waals surface area contributed by atoms with Crippen molar-refractivity contribution in [3.05, 3.63) is 52.1 Å². The van der Waals surface area contributed by atoms with Crippen LogP contribution in [0.1, 0.15) is 44.9 Å². The number of carbonyl (C=O) groups excluding carboxylic acids is 1. The third-order valence-electron chi connectivity index (χ3n) is 4.82. The number of benzene rings is 1. The fourth-order valence-electron chi connectivity index (χ4n) is 3.61. The molecule has 1 N–H and O–H groups in total. The molecule has 9 heteroatoms. The fraction of sp³-hybridized carbons (Fsp3) is 0.524. The van der Waals surface area contributed by atoms with E-state index >= 15 is 0 Å². The Balaban J connectivity index is 1.71. The van der Waals surface area contributed by atoms with E-state index in [9.17, 15) is 14.9 Å². The maximum atomic E-state index is 12.1. The number of nitro benzene ring substituents is 1. The lowest BCUT2D eigenvalue weighted by Crippen LogP contribution is -2.48. The molecular formula is C21H29N5O4. The molecule has 1 aromatic carbocycles. The molecule has 2 heterocycles. The number of nitrogens with one attached hydrogen (secondary N) is 1. The number of alkyl carbamates (subject to hydrolysis) is 1. The number of carbonyl (C=O) groups is 1. The van der Waals surface area contributed by atoms with Crippen LogP contribution in [0.25, 0.3) is 5.69 Å². The first-order chi connectivity index (χ1) is 14.1. The van der Waals surface area contributed by atoms with Crippen LogP contribution in [0.3, 0.4) is 0 Å². The second kappa shape index (κ2) is 8.83. The second-order valence-corrected chi connectivity index (χ2v) is 8.76. The summed E-state index contributed by atoms with van der Waals surface area (Å²) in [5.41, 5.74) is 1.91. The molecule has 30 heavy (non-hydrogen) atoms. The minimum atomic E-state index is -0.538. The number of nitrogens with zero attached hydrogens (tertiary/aromatic N) is 4. The van der Waals surface area contributed by atoms with E-state index in [-0.39, 0.29) is 16.7 Å². The van der Waals surface area contributed by atoms with Crippen LogP contribution in [0.2, 0.25) is 0 Å². The number of imidazole rings is 1. The lowest BCUT2D eigenvalue weighted by Gasteiger charge is -2.33. The largest absolute Gasteiger partial charge is 0.444 e. The smallest absolute Gasteiger partial charge is 0.407 e. The van der Waals surface area contributed by atoms with Gasteiger partial charge in [0.05, 0.1) is 22.6 Å². The van der Waals surface area contributed by atoms with Gasteiger partial charge in [0.2, 0.25) is 0 Å². The third-order valence-corrected chi connectivity index (χ3v) is 4.82. The predicted molar refractivity (Wildman–Crippen MR) is 113 cm³/mol. The number of rotatable bonds is 5. The van der Waals surface area contributed by atoms with Crippen LogP contribution in [0.15, 0.2) is 30.7 Å². The molecule has 1 fully saturated rings. The van der Waals surface area contributed by atoms with Crippen LogP contribution in [0.5, 0.6) is 0 Å². The van der Waals surface area contributed by atoms with Crippen LogP contribution in [-0.4, -0.2) is 50.2 Å². The molecule has 1 saturated heterocycles. The molecule has 0 saturated carbocycles.